The lowest BCUT2D eigenvalue weighted by Crippen LogP contribution is -2.32. The standard InChI is InChI=1S/C14H21N3O/c1-5-13(18)16-7-6-11-10-12(14(2,3)4)15-17(11)9-8-16/h5,10H,1,6-9H2,2-4H3. The van der Waals surface area contributed by atoms with Crippen LogP contribution in [0.2, 0.25) is 0 Å². The van der Waals surface area contributed by atoms with Crippen LogP contribution in [0.15, 0.2) is 18.7 Å². The second-order valence-corrected chi connectivity index (χ2v) is 5.77. The predicted molar refractivity (Wildman–Crippen MR) is 71.4 cm³/mol. The molecule has 0 N–H and O–H groups in total. The Labute approximate surface area is 108 Å². The topological polar surface area (TPSA) is 38.1 Å². The van der Waals surface area contributed by atoms with Crippen LogP contribution in [0.1, 0.15) is 32.2 Å². The zero-order chi connectivity index (χ0) is 13.3. The summed E-state index contributed by atoms with van der Waals surface area (Å²) in [5.74, 6) is 0.0109. The zero-order valence-electron chi connectivity index (χ0n) is 11.4. The highest BCUT2D eigenvalue weighted by Crippen LogP contribution is 2.22. The predicted octanol–water partition coefficient (Wildman–Crippen LogP) is 1.75. The van der Waals surface area contributed by atoms with Crippen LogP contribution >= 0.6 is 0 Å². The third-order valence-corrected chi connectivity index (χ3v) is 3.34. The molecule has 1 aromatic heterocycles. The average Bonchev–Trinajstić information content (AvgIpc) is 2.62. The van der Waals surface area contributed by atoms with Crippen molar-refractivity contribution in [3.05, 3.63) is 30.1 Å². The summed E-state index contributed by atoms with van der Waals surface area (Å²) >= 11 is 0. The van der Waals surface area contributed by atoms with E-state index in [1.807, 2.05) is 9.58 Å². The monoisotopic (exact) mass is 247 g/mol. The quantitative estimate of drug-likeness (QED) is 0.709. The van der Waals surface area contributed by atoms with Gasteiger partial charge in [0, 0.05) is 30.6 Å². The number of hydrogen-bond acceptors (Lipinski definition) is 2. The molecule has 0 aromatic carbocycles. The lowest BCUT2D eigenvalue weighted by Gasteiger charge is -2.18. The van der Waals surface area contributed by atoms with E-state index >= 15 is 0 Å². The van der Waals surface area contributed by atoms with Crippen LogP contribution in [0, 0.1) is 0 Å². The van der Waals surface area contributed by atoms with Gasteiger partial charge in [0.25, 0.3) is 0 Å². The van der Waals surface area contributed by atoms with Crippen molar-refractivity contribution in [2.24, 2.45) is 0 Å². The summed E-state index contributed by atoms with van der Waals surface area (Å²) in [5.41, 5.74) is 2.43. The van der Waals surface area contributed by atoms with Gasteiger partial charge in [-0.25, -0.2) is 0 Å². The maximum atomic E-state index is 11.6. The molecule has 1 aliphatic rings. The van der Waals surface area contributed by atoms with Gasteiger partial charge in [0.2, 0.25) is 5.91 Å². The SMILES string of the molecule is C=CC(=O)N1CCc2cc(C(C)(C)C)nn2CC1. The molecule has 4 nitrogen and oxygen atoms in total. The number of hydrogen-bond donors (Lipinski definition) is 0. The molecule has 0 saturated carbocycles. The van der Waals surface area contributed by atoms with Gasteiger partial charge in [0.05, 0.1) is 12.2 Å². The Kier molecular flexibility index (Phi) is 3.28. The first-order valence-electron chi connectivity index (χ1n) is 6.40. The molecular formula is C14H21N3O. The lowest BCUT2D eigenvalue weighted by molar-refractivity contribution is -0.126. The molecule has 0 atom stereocenters. The Morgan fingerprint density at radius 1 is 1.39 bits per heavy atom. The summed E-state index contributed by atoms with van der Waals surface area (Å²) in [6, 6.07) is 2.17. The van der Waals surface area contributed by atoms with Gasteiger partial charge in [0.1, 0.15) is 0 Å². The molecule has 4 heteroatoms. The molecule has 0 spiro atoms. The van der Waals surface area contributed by atoms with Gasteiger partial charge in [-0.3, -0.25) is 9.48 Å². The van der Waals surface area contributed by atoms with Gasteiger partial charge in [-0.2, -0.15) is 5.10 Å². The second-order valence-electron chi connectivity index (χ2n) is 5.77. The fourth-order valence-electron chi connectivity index (χ4n) is 2.14. The summed E-state index contributed by atoms with van der Waals surface area (Å²) in [4.78, 5) is 13.4. The van der Waals surface area contributed by atoms with E-state index in [0.717, 1.165) is 25.2 Å². The number of rotatable bonds is 1. The van der Waals surface area contributed by atoms with Gasteiger partial charge in [-0.05, 0) is 12.1 Å². The van der Waals surface area contributed by atoms with E-state index in [9.17, 15) is 4.79 Å². The van der Waals surface area contributed by atoms with E-state index in [2.05, 4.69) is 38.5 Å². The van der Waals surface area contributed by atoms with Crippen LogP contribution < -0.4 is 0 Å². The molecule has 2 heterocycles. The highest BCUT2D eigenvalue weighted by molar-refractivity contribution is 5.87. The van der Waals surface area contributed by atoms with Crippen LogP contribution in [-0.2, 0) is 23.2 Å². The molecular weight excluding hydrogens is 226 g/mol. The molecule has 98 valence electrons. The molecule has 2 rings (SSSR count). The first-order chi connectivity index (χ1) is 8.41. The fourth-order valence-corrected chi connectivity index (χ4v) is 2.14. The molecule has 0 bridgehead atoms. The fraction of sp³-hybridized carbons (Fsp3) is 0.571. The van der Waals surface area contributed by atoms with Crippen molar-refractivity contribution >= 4 is 5.91 Å². The van der Waals surface area contributed by atoms with E-state index in [1.165, 1.54) is 11.8 Å². The Morgan fingerprint density at radius 3 is 2.72 bits per heavy atom. The van der Waals surface area contributed by atoms with Crippen LogP contribution in [0.25, 0.3) is 0 Å². The smallest absolute Gasteiger partial charge is 0.246 e. The first-order valence-corrected chi connectivity index (χ1v) is 6.40. The third kappa shape index (κ3) is 2.47. The van der Waals surface area contributed by atoms with Crippen molar-refractivity contribution in [1.29, 1.82) is 0 Å². The van der Waals surface area contributed by atoms with Crippen LogP contribution in [0.4, 0.5) is 0 Å². The summed E-state index contributed by atoms with van der Waals surface area (Å²) in [6.45, 7) is 12.3. The number of carbonyl (C=O) groups is 1. The largest absolute Gasteiger partial charge is 0.337 e. The summed E-state index contributed by atoms with van der Waals surface area (Å²) in [7, 11) is 0. The lowest BCUT2D eigenvalue weighted by atomic mass is 9.92. The molecule has 0 unspecified atom stereocenters. The molecule has 0 fully saturated rings. The van der Waals surface area contributed by atoms with Crippen molar-refractivity contribution in [2.75, 3.05) is 13.1 Å². The number of carbonyl (C=O) groups excluding carboxylic acids is 1. The molecule has 0 aliphatic carbocycles. The van der Waals surface area contributed by atoms with Crippen molar-refractivity contribution in [2.45, 2.75) is 39.2 Å². The van der Waals surface area contributed by atoms with Crippen LogP contribution in [-0.4, -0.2) is 33.7 Å². The van der Waals surface area contributed by atoms with Crippen LogP contribution in [0.3, 0.4) is 0 Å². The average molecular weight is 247 g/mol. The normalized spacial score (nSPS) is 16.1. The number of aromatic nitrogens is 2. The molecule has 0 radical (unpaired) electrons. The minimum Gasteiger partial charge on any atom is -0.337 e. The number of fused-ring (bicyclic) bond motifs is 1. The highest BCUT2D eigenvalue weighted by Gasteiger charge is 2.22. The van der Waals surface area contributed by atoms with E-state index in [0.29, 0.717) is 6.54 Å². The molecule has 1 aliphatic heterocycles. The van der Waals surface area contributed by atoms with Crippen molar-refractivity contribution in [1.82, 2.24) is 14.7 Å². The Bertz CT molecular complexity index is 442. The number of amides is 1. The molecule has 1 amide bonds. The van der Waals surface area contributed by atoms with Crippen molar-refractivity contribution < 1.29 is 4.79 Å². The number of nitrogens with zero attached hydrogens (tertiary/aromatic N) is 3. The summed E-state index contributed by atoms with van der Waals surface area (Å²) < 4.78 is 2.04. The van der Waals surface area contributed by atoms with E-state index in [1.54, 1.807) is 0 Å². The molecule has 18 heavy (non-hydrogen) atoms. The molecule has 1 aromatic rings. The zero-order valence-corrected chi connectivity index (χ0v) is 11.4. The van der Waals surface area contributed by atoms with E-state index < -0.39 is 0 Å². The maximum Gasteiger partial charge on any atom is 0.246 e. The third-order valence-electron chi connectivity index (χ3n) is 3.34. The Balaban J connectivity index is 2.17. The van der Waals surface area contributed by atoms with Gasteiger partial charge in [-0.1, -0.05) is 27.4 Å². The second kappa shape index (κ2) is 4.59. The summed E-state index contributed by atoms with van der Waals surface area (Å²) in [6.07, 6.45) is 2.25. The van der Waals surface area contributed by atoms with Crippen molar-refractivity contribution in [3.8, 4) is 0 Å². The van der Waals surface area contributed by atoms with Gasteiger partial charge in [-0.15, -0.1) is 0 Å². The highest BCUT2D eigenvalue weighted by atomic mass is 16.2. The maximum absolute atomic E-state index is 11.6. The van der Waals surface area contributed by atoms with E-state index in [-0.39, 0.29) is 11.3 Å². The van der Waals surface area contributed by atoms with Crippen LogP contribution in [0.5, 0.6) is 0 Å². The van der Waals surface area contributed by atoms with E-state index in [4.69, 9.17) is 0 Å². The Hall–Kier alpha value is -1.58. The van der Waals surface area contributed by atoms with Gasteiger partial charge >= 0.3 is 0 Å². The summed E-state index contributed by atoms with van der Waals surface area (Å²) in [5, 5.41) is 4.65. The minimum absolute atomic E-state index is 0.0109. The van der Waals surface area contributed by atoms with Gasteiger partial charge in [0.15, 0.2) is 0 Å². The Morgan fingerprint density at radius 2 is 2.11 bits per heavy atom. The van der Waals surface area contributed by atoms with Gasteiger partial charge < -0.3 is 4.90 Å². The van der Waals surface area contributed by atoms with Crippen molar-refractivity contribution in [3.63, 3.8) is 0 Å². The first kappa shape index (κ1) is 12.9. The molecule has 0 saturated heterocycles. The minimum atomic E-state index is 0.0109.